The summed E-state index contributed by atoms with van der Waals surface area (Å²) in [5, 5.41) is 5.32. The molecular weight excluding hydrogens is 256 g/mol. The minimum absolute atomic E-state index is 0.0966. The average Bonchev–Trinajstić information content (AvgIpc) is 2.90. The van der Waals surface area contributed by atoms with Gasteiger partial charge in [0.05, 0.1) is 11.3 Å². The summed E-state index contributed by atoms with van der Waals surface area (Å²) in [5.41, 5.74) is 0.588. The van der Waals surface area contributed by atoms with Crippen molar-refractivity contribution >= 4 is 23.3 Å². The van der Waals surface area contributed by atoms with Crippen LogP contribution in [0.3, 0.4) is 0 Å². The van der Waals surface area contributed by atoms with E-state index in [4.69, 9.17) is 0 Å². The fourth-order valence-electron chi connectivity index (χ4n) is 2.42. The summed E-state index contributed by atoms with van der Waals surface area (Å²) in [6.45, 7) is 1.36. The third kappa shape index (κ3) is 3.44. The molecule has 1 aliphatic rings. The lowest BCUT2D eigenvalue weighted by Gasteiger charge is -2.12. The van der Waals surface area contributed by atoms with E-state index < -0.39 is 11.7 Å². The monoisotopic (exact) mass is 274 g/mol. The number of amides is 2. The fourth-order valence-corrected chi connectivity index (χ4v) is 2.42. The number of hydrogen-bond donors (Lipinski definition) is 2. The Kier molecular flexibility index (Phi) is 4.50. The van der Waals surface area contributed by atoms with Gasteiger partial charge in [-0.15, -0.1) is 0 Å². The van der Waals surface area contributed by atoms with Crippen LogP contribution in [0.2, 0.25) is 0 Å². The van der Waals surface area contributed by atoms with Gasteiger partial charge in [0.15, 0.2) is 0 Å². The normalized spacial score (nSPS) is 14.8. The molecule has 0 aliphatic heterocycles. The summed E-state index contributed by atoms with van der Waals surface area (Å²) in [5.74, 6) is -1.49. The van der Waals surface area contributed by atoms with Crippen LogP contribution in [-0.2, 0) is 9.59 Å². The van der Waals surface area contributed by atoms with Gasteiger partial charge in [-0.05, 0) is 25.0 Å². The molecule has 1 saturated carbocycles. The molecule has 0 unspecified atom stereocenters. The number of ketones is 1. The van der Waals surface area contributed by atoms with E-state index in [9.17, 15) is 14.4 Å². The summed E-state index contributed by atoms with van der Waals surface area (Å²) in [6, 6.07) is 6.62. The van der Waals surface area contributed by atoms with Crippen molar-refractivity contribution in [2.24, 2.45) is 0 Å². The molecule has 5 heteroatoms. The first kappa shape index (κ1) is 14.2. The van der Waals surface area contributed by atoms with Gasteiger partial charge in [0, 0.05) is 13.0 Å². The number of carbonyl (C=O) groups is 3. The van der Waals surface area contributed by atoms with Crippen molar-refractivity contribution in [3.05, 3.63) is 29.8 Å². The van der Waals surface area contributed by atoms with Gasteiger partial charge < -0.3 is 10.6 Å². The highest BCUT2D eigenvalue weighted by Gasteiger charge is 2.24. The van der Waals surface area contributed by atoms with Gasteiger partial charge in [0.2, 0.25) is 5.91 Å². The van der Waals surface area contributed by atoms with Crippen LogP contribution in [0.4, 0.5) is 5.69 Å². The van der Waals surface area contributed by atoms with Gasteiger partial charge in [0.1, 0.15) is 0 Å². The van der Waals surface area contributed by atoms with Gasteiger partial charge >= 0.3 is 0 Å². The third-order valence-electron chi connectivity index (χ3n) is 3.38. The summed E-state index contributed by atoms with van der Waals surface area (Å²) in [6.07, 6.45) is 4.02. The van der Waals surface area contributed by atoms with E-state index in [-0.39, 0.29) is 17.5 Å². The van der Waals surface area contributed by atoms with E-state index in [1.54, 1.807) is 24.3 Å². The maximum atomic E-state index is 12.2. The number of benzene rings is 1. The highest BCUT2D eigenvalue weighted by Crippen LogP contribution is 2.19. The number of nitrogens with one attached hydrogen (secondary N) is 2. The Morgan fingerprint density at radius 1 is 1.10 bits per heavy atom. The molecule has 1 aliphatic carbocycles. The van der Waals surface area contributed by atoms with Crippen molar-refractivity contribution in [2.75, 3.05) is 5.32 Å². The molecule has 0 heterocycles. The van der Waals surface area contributed by atoms with E-state index >= 15 is 0 Å². The number of Topliss-reactive ketones (excluding diaryl/α,β-unsaturated/α-hetero) is 1. The highest BCUT2D eigenvalue weighted by molar-refractivity contribution is 6.44. The molecule has 1 aromatic carbocycles. The first-order chi connectivity index (χ1) is 9.58. The smallest absolute Gasteiger partial charge is 0.292 e. The maximum absolute atomic E-state index is 12.2. The predicted molar refractivity (Wildman–Crippen MR) is 75.5 cm³/mol. The second-order valence-corrected chi connectivity index (χ2v) is 5.01. The first-order valence-electron chi connectivity index (χ1n) is 6.79. The second kappa shape index (κ2) is 6.32. The Bertz CT molecular complexity index is 534. The van der Waals surface area contributed by atoms with Crippen LogP contribution < -0.4 is 10.6 Å². The van der Waals surface area contributed by atoms with Crippen LogP contribution in [-0.4, -0.2) is 23.6 Å². The third-order valence-corrected chi connectivity index (χ3v) is 3.38. The lowest BCUT2D eigenvalue weighted by molar-refractivity contribution is -0.117. The summed E-state index contributed by atoms with van der Waals surface area (Å²) in [7, 11) is 0. The van der Waals surface area contributed by atoms with Crippen LogP contribution >= 0.6 is 0 Å². The zero-order valence-corrected chi connectivity index (χ0v) is 11.4. The molecule has 2 amide bonds. The van der Waals surface area contributed by atoms with Crippen molar-refractivity contribution in [3.63, 3.8) is 0 Å². The molecule has 0 spiro atoms. The number of hydrogen-bond acceptors (Lipinski definition) is 3. The zero-order chi connectivity index (χ0) is 14.5. The Morgan fingerprint density at radius 3 is 2.40 bits per heavy atom. The molecule has 1 aromatic rings. The molecule has 2 rings (SSSR count). The van der Waals surface area contributed by atoms with Crippen molar-refractivity contribution in [3.8, 4) is 0 Å². The molecular formula is C15H18N2O3. The lowest BCUT2D eigenvalue weighted by atomic mass is 10.1. The largest absolute Gasteiger partial charge is 0.346 e. The Morgan fingerprint density at radius 2 is 1.75 bits per heavy atom. The van der Waals surface area contributed by atoms with Crippen LogP contribution in [0.1, 0.15) is 43.0 Å². The predicted octanol–water partition coefficient (Wildman–Crippen LogP) is 1.89. The topological polar surface area (TPSA) is 75.3 Å². The Balaban J connectivity index is 2.11. The van der Waals surface area contributed by atoms with Crippen LogP contribution in [0, 0.1) is 0 Å². The number of carbonyl (C=O) groups excluding carboxylic acids is 3. The minimum atomic E-state index is -0.610. The van der Waals surface area contributed by atoms with E-state index in [1.807, 2.05) is 0 Å². The second-order valence-electron chi connectivity index (χ2n) is 5.01. The van der Waals surface area contributed by atoms with Gasteiger partial charge in [-0.2, -0.15) is 0 Å². The molecule has 20 heavy (non-hydrogen) atoms. The van der Waals surface area contributed by atoms with E-state index in [2.05, 4.69) is 10.6 Å². The summed E-state index contributed by atoms with van der Waals surface area (Å²) >= 11 is 0. The standard InChI is InChI=1S/C15H18N2O3/c1-10(18)16-13-9-5-4-8-12(13)14(19)15(20)17-11-6-2-3-7-11/h4-5,8-9,11H,2-3,6-7H2,1H3,(H,16,18)(H,17,20). The SMILES string of the molecule is CC(=O)Nc1ccccc1C(=O)C(=O)NC1CCCC1. The fraction of sp³-hybridized carbons (Fsp3) is 0.400. The van der Waals surface area contributed by atoms with Crippen molar-refractivity contribution in [2.45, 2.75) is 38.6 Å². The number of rotatable bonds is 4. The number of para-hydroxylation sites is 1. The summed E-state index contributed by atoms with van der Waals surface area (Å²) < 4.78 is 0. The van der Waals surface area contributed by atoms with E-state index in [0.29, 0.717) is 5.69 Å². The van der Waals surface area contributed by atoms with E-state index in [1.165, 1.54) is 6.92 Å². The highest BCUT2D eigenvalue weighted by atomic mass is 16.2. The van der Waals surface area contributed by atoms with Gasteiger partial charge in [-0.1, -0.05) is 25.0 Å². The van der Waals surface area contributed by atoms with Crippen LogP contribution in [0.25, 0.3) is 0 Å². The molecule has 0 saturated heterocycles. The summed E-state index contributed by atoms with van der Waals surface area (Å²) in [4.78, 5) is 35.2. The molecule has 0 radical (unpaired) electrons. The molecule has 5 nitrogen and oxygen atoms in total. The van der Waals surface area contributed by atoms with Gasteiger partial charge in [0.25, 0.3) is 11.7 Å². The van der Waals surface area contributed by atoms with Crippen LogP contribution in [0.15, 0.2) is 24.3 Å². The molecule has 1 fully saturated rings. The van der Waals surface area contributed by atoms with Gasteiger partial charge in [-0.3, -0.25) is 14.4 Å². The molecule has 0 aromatic heterocycles. The lowest BCUT2D eigenvalue weighted by Crippen LogP contribution is -2.38. The molecule has 0 bridgehead atoms. The Labute approximate surface area is 117 Å². The molecule has 106 valence electrons. The van der Waals surface area contributed by atoms with Crippen molar-refractivity contribution < 1.29 is 14.4 Å². The zero-order valence-electron chi connectivity index (χ0n) is 11.4. The van der Waals surface area contributed by atoms with Crippen molar-refractivity contribution in [1.29, 1.82) is 0 Å². The van der Waals surface area contributed by atoms with E-state index in [0.717, 1.165) is 25.7 Å². The molecule has 0 atom stereocenters. The Hall–Kier alpha value is -2.17. The van der Waals surface area contributed by atoms with Crippen LogP contribution in [0.5, 0.6) is 0 Å². The first-order valence-corrected chi connectivity index (χ1v) is 6.79. The molecule has 2 N–H and O–H groups in total. The maximum Gasteiger partial charge on any atom is 0.292 e. The minimum Gasteiger partial charge on any atom is -0.346 e. The average molecular weight is 274 g/mol. The quantitative estimate of drug-likeness (QED) is 0.650. The van der Waals surface area contributed by atoms with Crippen molar-refractivity contribution in [1.82, 2.24) is 5.32 Å². The van der Waals surface area contributed by atoms with Gasteiger partial charge in [-0.25, -0.2) is 0 Å². The number of anilines is 1.